The van der Waals surface area contributed by atoms with Crippen molar-refractivity contribution in [3.8, 4) is 28.8 Å². The Balaban J connectivity index is 1.51. The molecular weight excluding hydrogens is 450 g/mol. The number of thioether (sulfide) groups is 1. The number of anilines is 1. The lowest BCUT2D eigenvalue weighted by Gasteiger charge is -2.12. The Bertz CT molecular complexity index is 1410. The lowest BCUT2D eigenvalue weighted by molar-refractivity contribution is -0.115. The molecule has 0 radical (unpaired) electrons. The quantitative estimate of drug-likeness (QED) is 0.390. The third kappa shape index (κ3) is 5.03. The first-order valence-corrected chi connectivity index (χ1v) is 11.3. The van der Waals surface area contributed by atoms with E-state index in [1.807, 2.05) is 42.5 Å². The third-order valence-corrected chi connectivity index (χ3v) is 6.12. The number of H-pyrrole nitrogens is 1. The molecule has 9 heteroatoms. The molecule has 4 rings (SSSR count). The van der Waals surface area contributed by atoms with Gasteiger partial charge in [0.25, 0.3) is 5.56 Å². The molecule has 2 aromatic carbocycles. The minimum absolute atomic E-state index is 0.284. The number of benzene rings is 2. The van der Waals surface area contributed by atoms with Gasteiger partial charge in [-0.2, -0.15) is 5.26 Å². The third-order valence-electron chi connectivity index (χ3n) is 5.02. The average Bonchev–Trinajstić information content (AvgIpc) is 3.24. The number of amides is 1. The summed E-state index contributed by atoms with van der Waals surface area (Å²) in [5, 5.41) is 15.0. The molecule has 0 aliphatic carbocycles. The molecule has 2 aromatic heterocycles. The number of nitriles is 1. The molecule has 34 heavy (non-hydrogen) atoms. The summed E-state index contributed by atoms with van der Waals surface area (Å²) >= 11 is 1.18. The summed E-state index contributed by atoms with van der Waals surface area (Å²) in [6, 6.07) is 23.4. The van der Waals surface area contributed by atoms with E-state index in [0.717, 1.165) is 11.3 Å². The number of hydrogen-bond donors (Lipinski definition) is 2. The van der Waals surface area contributed by atoms with Crippen LogP contribution in [-0.2, 0) is 4.79 Å². The predicted octanol–water partition coefficient (Wildman–Crippen LogP) is 4.23. The monoisotopic (exact) mass is 471 g/mol. The molecule has 0 aliphatic heterocycles. The molecule has 0 saturated heterocycles. The Labute approximate surface area is 200 Å². The minimum atomic E-state index is -0.575. The van der Waals surface area contributed by atoms with Crippen LogP contribution in [0.5, 0.6) is 5.75 Å². The Morgan fingerprint density at radius 1 is 1.15 bits per heavy atom. The minimum Gasteiger partial charge on any atom is -0.497 e. The van der Waals surface area contributed by atoms with Crippen LogP contribution in [0.2, 0.25) is 0 Å². The van der Waals surface area contributed by atoms with E-state index in [1.165, 1.54) is 22.5 Å². The zero-order valence-electron chi connectivity index (χ0n) is 18.5. The van der Waals surface area contributed by atoms with E-state index in [1.54, 1.807) is 38.3 Å². The maximum Gasteiger partial charge on any atom is 0.273 e. The molecule has 4 aromatic rings. The molecule has 0 spiro atoms. The number of pyridine rings is 1. The molecule has 2 heterocycles. The number of hydrogen-bond acceptors (Lipinski definition) is 6. The van der Waals surface area contributed by atoms with Gasteiger partial charge in [0.1, 0.15) is 22.7 Å². The van der Waals surface area contributed by atoms with Crippen LogP contribution in [-0.4, -0.2) is 33.0 Å². The van der Waals surface area contributed by atoms with E-state index in [9.17, 15) is 14.9 Å². The van der Waals surface area contributed by atoms with Crippen molar-refractivity contribution in [2.75, 3.05) is 12.4 Å². The first kappa shape index (κ1) is 22.9. The predicted molar refractivity (Wildman–Crippen MR) is 131 cm³/mol. The smallest absolute Gasteiger partial charge is 0.273 e. The van der Waals surface area contributed by atoms with E-state index < -0.39 is 5.25 Å². The van der Waals surface area contributed by atoms with Gasteiger partial charge in [-0.25, -0.2) is 9.67 Å². The second kappa shape index (κ2) is 10.1. The van der Waals surface area contributed by atoms with Gasteiger partial charge in [-0.15, -0.1) is 0 Å². The van der Waals surface area contributed by atoms with Gasteiger partial charge in [0.2, 0.25) is 5.91 Å². The van der Waals surface area contributed by atoms with Crippen molar-refractivity contribution in [3.63, 3.8) is 0 Å². The summed E-state index contributed by atoms with van der Waals surface area (Å²) in [6.07, 6.45) is 0. The normalized spacial score (nSPS) is 11.4. The number of nitrogens with zero attached hydrogens (tertiary/aromatic N) is 3. The number of aromatic nitrogens is 3. The lowest BCUT2D eigenvalue weighted by Crippen LogP contribution is -2.23. The van der Waals surface area contributed by atoms with Crippen molar-refractivity contribution >= 4 is 23.5 Å². The van der Waals surface area contributed by atoms with Crippen LogP contribution in [0.4, 0.5) is 5.82 Å². The van der Waals surface area contributed by atoms with Crippen LogP contribution in [0, 0.1) is 11.3 Å². The largest absolute Gasteiger partial charge is 0.497 e. The second-order valence-corrected chi connectivity index (χ2v) is 8.65. The highest BCUT2D eigenvalue weighted by Crippen LogP contribution is 2.29. The number of para-hydroxylation sites is 1. The standard InChI is InChI=1S/C25H21N5O3S/c1-16(24(32)28-22-14-23(31)30(29-22)19-6-4-3-5-7-19)34-25-18(15-26)10-13-21(27-25)17-8-11-20(33-2)12-9-17/h3-14,16,29H,1-2H3,(H,28,32). The number of rotatable bonds is 7. The SMILES string of the molecule is COc1ccc(-c2ccc(C#N)c(SC(C)C(=O)Nc3cc(=O)n(-c4ccccc4)[nH]3)n2)cc1. The first-order chi connectivity index (χ1) is 16.5. The molecule has 1 amide bonds. The number of methoxy groups -OCH3 is 1. The highest BCUT2D eigenvalue weighted by Gasteiger charge is 2.19. The number of carbonyl (C=O) groups excluding carboxylic acids is 1. The van der Waals surface area contributed by atoms with Gasteiger partial charge in [-0.1, -0.05) is 30.0 Å². The van der Waals surface area contributed by atoms with E-state index >= 15 is 0 Å². The highest BCUT2D eigenvalue weighted by molar-refractivity contribution is 8.00. The van der Waals surface area contributed by atoms with Crippen molar-refractivity contribution in [1.29, 1.82) is 5.26 Å². The number of carbonyl (C=O) groups is 1. The molecule has 2 N–H and O–H groups in total. The highest BCUT2D eigenvalue weighted by atomic mass is 32.2. The van der Waals surface area contributed by atoms with Gasteiger partial charge in [0.05, 0.1) is 29.3 Å². The maximum absolute atomic E-state index is 12.8. The Kier molecular flexibility index (Phi) is 6.80. The van der Waals surface area contributed by atoms with Crippen molar-refractivity contribution < 1.29 is 9.53 Å². The Hall–Kier alpha value is -4.29. The molecule has 0 aliphatic rings. The number of ether oxygens (including phenoxy) is 1. The fourth-order valence-electron chi connectivity index (χ4n) is 3.22. The van der Waals surface area contributed by atoms with E-state index in [4.69, 9.17) is 4.74 Å². The van der Waals surface area contributed by atoms with Gasteiger partial charge in [-0.05, 0) is 55.5 Å². The Morgan fingerprint density at radius 3 is 2.56 bits per heavy atom. The summed E-state index contributed by atoms with van der Waals surface area (Å²) in [6.45, 7) is 1.72. The van der Waals surface area contributed by atoms with Gasteiger partial charge < -0.3 is 10.1 Å². The van der Waals surface area contributed by atoms with Gasteiger partial charge in [0, 0.05) is 11.6 Å². The maximum atomic E-state index is 12.8. The summed E-state index contributed by atoms with van der Waals surface area (Å²) in [7, 11) is 1.60. The van der Waals surface area contributed by atoms with Crippen LogP contribution in [0.1, 0.15) is 12.5 Å². The molecule has 8 nitrogen and oxygen atoms in total. The summed E-state index contributed by atoms with van der Waals surface area (Å²) in [5.41, 5.74) is 2.30. The first-order valence-electron chi connectivity index (χ1n) is 10.4. The van der Waals surface area contributed by atoms with Gasteiger partial charge >= 0.3 is 0 Å². The molecular formula is C25H21N5O3S. The zero-order chi connectivity index (χ0) is 24.1. The van der Waals surface area contributed by atoms with Crippen molar-refractivity contribution in [2.24, 2.45) is 0 Å². The summed E-state index contributed by atoms with van der Waals surface area (Å²) < 4.78 is 6.54. The number of nitrogens with one attached hydrogen (secondary N) is 2. The van der Waals surface area contributed by atoms with E-state index in [-0.39, 0.29) is 17.3 Å². The van der Waals surface area contributed by atoms with Crippen LogP contribution in [0.25, 0.3) is 16.9 Å². The zero-order valence-corrected chi connectivity index (χ0v) is 19.3. The molecule has 170 valence electrons. The van der Waals surface area contributed by atoms with Crippen molar-refractivity contribution in [1.82, 2.24) is 14.8 Å². The fraction of sp³-hybridized carbons (Fsp3) is 0.120. The van der Waals surface area contributed by atoms with Gasteiger partial charge in [0.15, 0.2) is 0 Å². The van der Waals surface area contributed by atoms with Gasteiger partial charge in [-0.3, -0.25) is 14.7 Å². The Morgan fingerprint density at radius 2 is 1.88 bits per heavy atom. The fourth-order valence-corrected chi connectivity index (χ4v) is 4.11. The van der Waals surface area contributed by atoms with Crippen LogP contribution in [0.3, 0.4) is 0 Å². The van der Waals surface area contributed by atoms with Crippen molar-refractivity contribution in [2.45, 2.75) is 17.2 Å². The molecule has 0 fully saturated rings. The second-order valence-electron chi connectivity index (χ2n) is 7.32. The number of aromatic amines is 1. The molecule has 1 unspecified atom stereocenters. The summed E-state index contributed by atoms with van der Waals surface area (Å²) in [5.74, 6) is 0.690. The van der Waals surface area contributed by atoms with Crippen LogP contribution >= 0.6 is 11.8 Å². The van der Waals surface area contributed by atoms with Crippen LogP contribution in [0.15, 0.2) is 82.6 Å². The summed E-state index contributed by atoms with van der Waals surface area (Å²) in [4.78, 5) is 29.7. The average molecular weight is 472 g/mol. The molecule has 0 saturated carbocycles. The van der Waals surface area contributed by atoms with E-state index in [2.05, 4.69) is 21.5 Å². The topological polar surface area (TPSA) is 113 Å². The molecule has 0 bridgehead atoms. The van der Waals surface area contributed by atoms with E-state index in [0.29, 0.717) is 22.0 Å². The van der Waals surface area contributed by atoms with Crippen LogP contribution < -0.4 is 15.6 Å². The van der Waals surface area contributed by atoms with Crippen molar-refractivity contribution in [3.05, 3.63) is 88.7 Å². The molecule has 1 atom stereocenters. The lowest BCUT2D eigenvalue weighted by atomic mass is 10.1.